The Hall–Kier alpha value is -2.47. The van der Waals surface area contributed by atoms with Crippen LogP contribution in [0.2, 0.25) is 0 Å². The Kier molecular flexibility index (Phi) is 26.2. The van der Waals surface area contributed by atoms with Gasteiger partial charge in [-0.15, -0.1) is 0 Å². The van der Waals surface area contributed by atoms with Crippen LogP contribution >= 0.6 is 0 Å². The van der Waals surface area contributed by atoms with Crippen LogP contribution < -0.4 is 10.6 Å². The number of hydrogen-bond donors (Lipinski definition) is 2. The predicted molar refractivity (Wildman–Crippen MR) is 152 cm³/mol. The Labute approximate surface area is 226 Å². The molecule has 2 amide bonds. The van der Waals surface area contributed by atoms with Gasteiger partial charge in [0.2, 0.25) is 11.8 Å². The number of rotatable bonds is 23. The molecule has 0 fully saturated rings. The zero-order chi connectivity index (χ0) is 27.2. The van der Waals surface area contributed by atoms with E-state index in [2.05, 4.69) is 41.2 Å². The highest BCUT2D eigenvalue weighted by Gasteiger charge is 2.06. The Morgan fingerprint density at radius 2 is 1.03 bits per heavy atom. The summed E-state index contributed by atoms with van der Waals surface area (Å²) in [5.41, 5.74) is 0. The van der Waals surface area contributed by atoms with E-state index >= 15 is 0 Å². The fraction of sp³-hybridized carbons (Fsp3) is 0.774. The van der Waals surface area contributed by atoms with Crippen LogP contribution in [0.1, 0.15) is 136 Å². The van der Waals surface area contributed by atoms with E-state index in [4.69, 9.17) is 4.74 Å². The molecule has 0 heterocycles. The number of carbonyl (C=O) groups is 3. The average Bonchev–Trinajstić information content (AvgIpc) is 2.87. The summed E-state index contributed by atoms with van der Waals surface area (Å²) in [6, 6.07) is 0. The van der Waals surface area contributed by atoms with Gasteiger partial charge in [-0.05, 0) is 38.0 Å². The van der Waals surface area contributed by atoms with Gasteiger partial charge in [-0.1, -0.05) is 89.4 Å². The van der Waals surface area contributed by atoms with E-state index in [9.17, 15) is 14.4 Å². The first kappa shape index (κ1) is 34.5. The molecular formula is C31H52N2O4. The molecule has 2 N–H and O–H groups in total. The highest BCUT2D eigenvalue weighted by Crippen LogP contribution is 2.09. The van der Waals surface area contributed by atoms with E-state index in [1.54, 1.807) is 6.92 Å². The molecule has 0 atom stereocenters. The van der Waals surface area contributed by atoms with E-state index in [0.29, 0.717) is 19.6 Å². The lowest BCUT2D eigenvalue weighted by molar-refractivity contribution is -0.143. The van der Waals surface area contributed by atoms with Gasteiger partial charge in [-0.25, -0.2) is 0 Å². The van der Waals surface area contributed by atoms with E-state index in [0.717, 1.165) is 44.9 Å². The largest absolute Gasteiger partial charge is 0.466 e. The number of ether oxygens (including phenoxy) is 1. The van der Waals surface area contributed by atoms with Crippen molar-refractivity contribution in [2.75, 3.05) is 19.7 Å². The van der Waals surface area contributed by atoms with Gasteiger partial charge in [-0.2, -0.15) is 0 Å². The fourth-order valence-corrected chi connectivity index (χ4v) is 3.80. The van der Waals surface area contributed by atoms with Crippen LogP contribution in [0.3, 0.4) is 0 Å². The van der Waals surface area contributed by atoms with Crippen molar-refractivity contribution in [1.82, 2.24) is 10.6 Å². The molecule has 0 aliphatic heterocycles. The quantitative estimate of drug-likeness (QED) is 0.0959. The summed E-state index contributed by atoms with van der Waals surface area (Å²) >= 11 is 0. The third-order valence-corrected chi connectivity index (χ3v) is 5.98. The number of amides is 2. The first-order chi connectivity index (χ1) is 18.1. The second-order valence-electron chi connectivity index (χ2n) is 9.45. The predicted octanol–water partition coefficient (Wildman–Crippen LogP) is 6.22. The van der Waals surface area contributed by atoms with Crippen LogP contribution in [0.4, 0.5) is 0 Å². The third-order valence-electron chi connectivity index (χ3n) is 5.98. The van der Waals surface area contributed by atoms with Gasteiger partial charge in [-0.3, -0.25) is 14.4 Å². The number of carbonyl (C=O) groups excluding carboxylic acids is 3. The Morgan fingerprint density at radius 3 is 1.57 bits per heavy atom. The average molecular weight is 517 g/mol. The Balaban J connectivity index is 3.44. The normalized spacial score (nSPS) is 10.0. The van der Waals surface area contributed by atoms with Gasteiger partial charge < -0.3 is 15.4 Å². The minimum Gasteiger partial charge on any atom is -0.466 e. The van der Waals surface area contributed by atoms with Gasteiger partial charge in [0.05, 0.1) is 13.0 Å². The number of nitrogens with one attached hydrogen (secondary N) is 2. The standard InChI is InChI=1S/C31H52N2O4/c1-3-5-6-7-8-9-10-11-12-13-14-15-16-17-18-19-20-21-22-23-24-29(34)32-27-25-30(35)33-28-26-31(36)37-4-2/h3-12,17-28H2,1-2H3,(H,32,34)(H,33,35). The molecule has 0 rings (SSSR count). The van der Waals surface area contributed by atoms with Gasteiger partial charge in [0.25, 0.3) is 0 Å². The second kappa shape index (κ2) is 28.1. The maximum atomic E-state index is 11.9. The monoisotopic (exact) mass is 516 g/mol. The zero-order valence-corrected chi connectivity index (χ0v) is 23.7. The molecule has 6 nitrogen and oxygen atoms in total. The molecule has 0 spiro atoms. The van der Waals surface area contributed by atoms with Crippen LogP contribution in [0, 0.1) is 23.7 Å². The molecule has 0 aliphatic carbocycles. The van der Waals surface area contributed by atoms with E-state index in [1.807, 2.05) is 0 Å². The summed E-state index contributed by atoms with van der Waals surface area (Å²) in [7, 11) is 0. The van der Waals surface area contributed by atoms with E-state index in [-0.39, 0.29) is 37.2 Å². The van der Waals surface area contributed by atoms with Crippen molar-refractivity contribution in [3.8, 4) is 23.7 Å². The summed E-state index contributed by atoms with van der Waals surface area (Å²) in [5, 5.41) is 5.42. The van der Waals surface area contributed by atoms with Crippen molar-refractivity contribution in [2.24, 2.45) is 0 Å². The van der Waals surface area contributed by atoms with Crippen molar-refractivity contribution in [3.63, 3.8) is 0 Å². The SMILES string of the molecule is CCCCCCCCCCC#CC#CCCCCCCCCC(=O)NCCC(=O)NCCC(=O)OCC. The van der Waals surface area contributed by atoms with Crippen LogP contribution in [0.25, 0.3) is 0 Å². The molecule has 0 saturated carbocycles. The number of esters is 1. The second-order valence-corrected chi connectivity index (χ2v) is 9.45. The van der Waals surface area contributed by atoms with Gasteiger partial charge >= 0.3 is 5.97 Å². The molecular weight excluding hydrogens is 464 g/mol. The first-order valence-corrected chi connectivity index (χ1v) is 14.7. The van der Waals surface area contributed by atoms with Crippen molar-refractivity contribution >= 4 is 17.8 Å². The van der Waals surface area contributed by atoms with Crippen LogP contribution in [0.15, 0.2) is 0 Å². The lowest BCUT2D eigenvalue weighted by Crippen LogP contribution is -2.31. The topological polar surface area (TPSA) is 84.5 Å². The van der Waals surface area contributed by atoms with Gasteiger partial charge in [0.15, 0.2) is 0 Å². The summed E-state index contributed by atoms with van der Waals surface area (Å²) < 4.78 is 4.80. The van der Waals surface area contributed by atoms with E-state index in [1.165, 1.54) is 57.8 Å². The minimum atomic E-state index is -0.325. The molecule has 0 saturated heterocycles. The maximum absolute atomic E-state index is 11.9. The molecule has 0 bridgehead atoms. The molecule has 0 aliphatic rings. The lowest BCUT2D eigenvalue weighted by atomic mass is 10.1. The fourth-order valence-electron chi connectivity index (χ4n) is 3.80. The molecule has 37 heavy (non-hydrogen) atoms. The van der Waals surface area contributed by atoms with Crippen LogP contribution in [-0.2, 0) is 19.1 Å². The number of unbranched alkanes of at least 4 members (excludes halogenated alkanes) is 14. The van der Waals surface area contributed by atoms with E-state index < -0.39 is 0 Å². The van der Waals surface area contributed by atoms with Crippen molar-refractivity contribution < 1.29 is 19.1 Å². The molecule has 0 aromatic carbocycles. The Bertz CT molecular complexity index is 712. The maximum Gasteiger partial charge on any atom is 0.307 e. The summed E-state index contributed by atoms with van der Waals surface area (Å²) in [6.07, 6.45) is 19.9. The molecule has 210 valence electrons. The molecule has 6 heteroatoms. The molecule has 0 radical (unpaired) electrons. The van der Waals surface area contributed by atoms with Crippen molar-refractivity contribution in [3.05, 3.63) is 0 Å². The highest BCUT2D eigenvalue weighted by atomic mass is 16.5. The first-order valence-electron chi connectivity index (χ1n) is 14.7. The highest BCUT2D eigenvalue weighted by molar-refractivity contribution is 5.79. The van der Waals surface area contributed by atoms with Crippen molar-refractivity contribution in [2.45, 2.75) is 136 Å². The molecule has 0 unspecified atom stereocenters. The Morgan fingerprint density at radius 1 is 0.568 bits per heavy atom. The van der Waals surface area contributed by atoms with Gasteiger partial charge in [0.1, 0.15) is 0 Å². The number of hydrogen-bond acceptors (Lipinski definition) is 4. The third kappa shape index (κ3) is 28.0. The summed E-state index contributed by atoms with van der Waals surface area (Å²) in [5.74, 6) is 11.8. The van der Waals surface area contributed by atoms with Crippen molar-refractivity contribution in [1.29, 1.82) is 0 Å². The minimum absolute atomic E-state index is 0.0156. The zero-order valence-electron chi connectivity index (χ0n) is 23.7. The smallest absolute Gasteiger partial charge is 0.307 e. The molecule has 0 aromatic heterocycles. The van der Waals surface area contributed by atoms with Crippen LogP contribution in [0.5, 0.6) is 0 Å². The lowest BCUT2D eigenvalue weighted by Gasteiger charge is -2.07. The summed E-state index contributed by atoms with van der Waals surface area (Å²) in [6.45, 7) is 4.91. The molecule has 0 aromatic rings. The van der Waals surface area contributed by atoms with Gasteiger partial charge in [0, 0.05) is 38.8 Å². The summed E-state index contributed by atoms with van der Waals surface area (Å²) in [4.78, 5) is 34.7. The van der Waals surface area contributed by atoms with Crippen LogP contribution in [-0.4, -0.2) is 37.5 Å².